The van der Waals surface area contributed by atoms with Gasteiger partial charge in [-0.05, 0) is 20.8 Å². The molecule has 0 aromatic rings. The molecule has 0 aromatic carbocycles. The van der Waals surface area contributed by atoms with Crippen LogP contribution in [0.25, 0.3) is 0 Å². The van der Waals surface area contributed by atoms with E-state index in [1.807, 2.05) is 20.8 Å². The third kappa shape index (κ3) is 8.18. The Kier molecular flexibility index (Phi) is 7.17. The highest BCUT2D eigenvalue weighted by Gasteiger charge is 2.06. The maximum absolute atomic E-state index is 5.54. The molecule has 0 saturated carbocycles. The summed E-state index contributed by atoms with van der Waals surface area (Å²) >= 11 is 0. The fourth-order valence-corrected chi connectivity index (χ4v) is 0.732. The third-order valence-electron chi connectivity index (χ3n) is 1.59. The van der Waals surface area contributed by atoms with Crippen LogP contribution in [-0.2, 0) is 9.47 Å². The predicted molar refractivity (Wildman–Crippen MR) is 53.5 cm³/mol. The molecule has 4 N–H and O–H groups in total. The molecule has 0 aliphatic heterocycles. The molecule has 0 fully saturated rings. The Morgan fingerprint density at radius 1 is 1.00 bits per heavy atom. The van der Waals surface area contributed by atoms with E-state index in [0.29, 0.717) is 19.8 Å². The highest BCUT2D eigenvalue weighted by molar-refractivity contribution is 4.55. The number of ether oxygens (including phenoxy) is 2. The quantitative estimate of drug-likeness (QED) is 0.597. The molecule has 0 bridgehead atoms. The van der Waals surface area contributed by atoms with E-state index in [2.05, 4.69) is 0 Å². The normalized spacial score (nSPS) is 18.2. The Morgan fingerprint density at radius 2 is 1.54 bits per heavy atom. The van der Waals surface area contributed by atoms with Gasteiger partial charge in [-0.25, -0.2) is 0 Å². The standard InChI is InChI=1S/C9H22N2O2/c1-7(11)5-12-9(3)6-13-8(2)4-10/h7-9H,4-6,10-11H2,1-3H3. The van der Waals surface area contributed by atoms with Crippen molar-refractivity contribution in [3.63, 3.8) is 0 Å². The highest BCUT2D eigenvalue weighted by Crippen LogP contribution is 1.96. The number of nitrogens with two attached hydrogens (primary N) is 2. The Labute approximate surface area is 80.6 Å². The summed E-state index contributed by atoms with van der Waals surface area (Å²) in [4.78, 5) is 0. The van der Waals surface area contributed by atoms with Crippen LogP contribution in [0.4, 0.5) is 0 Å². The Balaban J connectivity index is 3.34. The minimum absolute atomic E-state index is 0.0781. The predicted octanol–water partition coefficient (Wildman–Crippen LogP) is 0.103. The summed E-state index contributed by atoms with van der Waals surface area (Å²) in [6.45, 7) is 7.51. The first kappa shape index (κ1) is 12.8. The fourth-order valence-electron chi connectivity index (χ4n) is 0.732. The summed E-state index contributed by atoms with van der Waals surface area (Å²) in [6, 6.07) is 0.0781. The van der Waals surface area contributed by atoms with Crippen molar-refractivity contribution in [2.24, 2.45) is 11.5 Å². The average Bonchev–Trinajstić information content (AvgIpc) is 2.10. The van der Waals surface area contributed by atoms with Crippen LogP contribution in [0.5, 0.6) is 0 Å². The zero-order valence-corrected chi connectivity index (χ0v) is 8.82. The molecule has 0 aliphatic carbocycles. The third-order valence-corrected chi connectivity index (χ3v) is 1.59. The molecule has 4 heteroatoms. The van der Waals surface area contributed by atoms with Crippen LogP contribution in [0, 0.1) is 0 Å². The van der Waals surface area contributed by atoms with E-state index in [1.54, 1.807) is 0 Å². The Bertz CT molecular complexity index is 120. The van der Waals surface area contributed by atoms with E-state index in [-0.39, 0.29) is 18.2 Å². The number of hydrogen-bond acceptors (Lipinski definition) is 4. The summed E-state index contributed by atoms with van der Waals surface area (Å²) in [7, 11) is 0. The average molecular weight is 190 g/mol. The van der Waals surface area contributed by atoms with Crippen molar-refractivity contribution in [2.75, 3.05) is 19.8 Å². The zero-order valence-electron chi connectivity index (χ0n) is 8.82. The van der Waals surface area contributed by atoms with Gasteiger partial charge in [0.2, 0.25) is 0 Å². The molecule has 80 valence electrons. The monoisotopic (exact) mass is 190 g/mol. The van der Waals surface area contributed by atoms with Crippen molar-refractivity contribution >= 4 is 0 Å². The minimum atomic E-state index is 0.0781. The molecule has 13 heavy (non-hydrogen) atoms. The first-order valence-electron chi connectivity index (χ1n) is 4.75. The topological polar surface area (TPSA) is 70.5 Å². The van der Waals surface area contributed by atoms with Gasteiger partial charge in [-0.3, -0.25) is 0 Å². The molecule has 3 atom stereocenters. The second kappa shape index (κ2) is 7.26. The van der Waals surface area contributed by atoms with Gasteiger partial charge >= 0.3 is 0 Å². The summed E-state index contributed by atoms with van der Waals surface area (Å²) in [5, 5.41) is 0. The van der Waals surface area contributed by atoms with Crippen LogP contribution < -0.4 is 11.5 Å². The van der Waals surface area contributed by atoms with Crippen LogP contribution in [0.1, 0.15) is 20.8 Å². The van der Waals surface area contributed by atoms with Gasteiger partial charge in [-0.2, -0.15) is 0 Å². The van der Waals surface area contributed by atoms with E-state index in [0.717, 1.165) is 0 Å². The van der Waals surface area contributed by atoms with Gasteiger partial charge in [0.25, 0.3) is 0 Å². The molecule has 0 amide bonds. The minimum Gasteiger partial charge on any atom is -0.375 e. The van der Waals surface area contributed by atoms with Crippen molar-refractivity contribution < 1.29 is 9.47 Å². The highest BCUT2D eigenvalue weighted by atomic mass is 16.5. The molecule has 0 aromatic heterocycles. The van der Waals surface area contributed by atoms with Crippen molar-refractivity contribution in [1.82, 2.24) is 0 Å². The van der Waals surface area contributed by atoms with Crippen molar-refractivity contribution in [1.29, 1.82) is 0 Å². The summed E-state index contributed by atoms with van der Waals surface area (Å²) in [5.74, 6) is 0. The lowest BCUT2D eigenvalue weighted by molar-refractivity contribution is -0.0312. The number of hydrogen-bond donors (Lipinski definition) is 2. The molecule has 0 saturated heterocycles. The van der Waals surface area contributed by atoms with E-state index in [4.69, 9.17) is 20.9 Å². The summed E-state index contributed by atoms with van der Waals surface area (Å²) in [5.41, 5.74) is 10.9. The van der Waals surface area contributed by atoms with E-state index < -0.39 is 0 Å². The lowest BCUT2D eigenvalue weighted by Gasteiger charge is -2.17. The smallest absolute Gasteiger partial charge is 0.0781 e. The van der Waals surface area contributed by atoms with Gasteiger partial charge in [0.15, 0.2) is 0 Å². The van der Waals surface area contributed by atoms with Gasteiger partial charge in [-0.15, -0.1) is 0 Å². The van der Waals surface area contributed by atoms with E-state index >= 15 is 0 Å². The lowest BCUT2D eigenvalue weighted by atomic mass is 10.3. The van der Waals surface area contributed by atoms with E-state index in [1.165, 1.54) is 0 Å². The lowest BCUT2D eigenvalue weighted by Crippen LogP contribution is -2.29. The van der Waals surface area contributed by atoms with Crippen LogP contribution in [-0.4, -0.2) is 38.0 Å². The van der Waals surface area contributed by atoms with Crippen molar-refractivity contribution in [3.8, 4) is 0 Å². The fraction of sp³-hybridized carbons (Fsp3) is 1.00. The molecule has 0 rings (SSSR count). The Morgan fingerprint density at radius 3 is 2.00 bits per heavy atom. The van der Waals surface area contributed by atoms with Gasteiger partial charge in [0.1, 0.15) is 0 Å². The molecule has 0 spiro atoms. The van der Waals surface area contributed by atoms with Gasteiger partial charge in [0.05, 0.1) is 25.4 Å². The van der Waals surface area contributed by atoms with Crippen molar-refractivity contribution in [2.45, 2.75) is 39.0 Å². The summed E-state index contributed by atoms with van der Waals surface area (Å²) < 4.78 is 10.8. The first-order chi connectivity index (χ1) is 6.06. The van der Waals surface area contributed by atoms with Crippen LogP contribution >= 0.6 is 0 Å². The maximum Gasteiger partial charge on any atom is 0.0781 e. The Hall–Kier alpha value is -0.160. The zero-order chi connectivity index (χ0) is 10.3. The van der Waals surface area contributed by atoms with Gasteiger partial charge in [0, 0.05) is 12.6 Å². The SMILES string of the molecule is CC(N)COC(C)COC(C)CN. The number of rotatable bonds is 7. The second-order valence-corrected chi connectivity index (χ2v) is 3.50. The molecular weight excluding hydrogens is 168 g/mol. The molecular formula is C9H22N2O2. The molecule has 0 heterocycles. The first-order valence-corrected chi connectivity index (χ1v) is 4.75. The van der Waals surface area contributed by atoms with Crippen LogP contribution in [0.15, 0.2) is 0 Å². The largest absolute Gasteiger partial charge is 0.375 e. The molecule has 0 radical (unpaired) electrons. The van der Waals surface area contributed by atoms with Crippen LogP contribution in [0.2, 0.25) is 0 Å². The van der Waals surface area contributed by atoms with Gasteiger partial charge < -0.3 is 20.9 Å². The van der Waals surface area contributed by atoms with Crippen molar-refractivity contribution in [3.05, 3.63) is 0 Å². The second-order valence-electron chi connectivity index (χ2n) is 3.50. The maximum atomic E-state index is 5.54. The molecule has 4 nitrogen and oxygen atoms in total. The van der Waals surface area contributed by atoms with Gasteiger partial charge in [-0.1, -0.05) is 0 Å². The van der Waals surface area contributed by atoms with E-state index in [9.17, 15) is 0 Å². The van der Waals surface area contributed by atoms with Crippen LogP contribution in [0.3, 0.4) is 0 Å². The molecule has 3 unspecified atom stereocenters. The summed E-state index contributed by atoms with van der Waals surface area (Å²) in [6.07, 6.45) is 0.182. The molecule has 0 aliphatic rings.